The Morgan fingerprint density at radius 3 is 2.89 bits per heavy atom. The zero-order valence-corrected chi connectivity index (χ0v) is 12.9. The van der Waals surface area contributed by atoms with Gasteiger partial charge in [0.25, 0.3) is 0 Å². The third-order valence-corrected chi connectivity index (χ3v) is 5.72. The fourth-order valence-corrected chi connectivity index (χ4v) is 4.51. The summed E-state index contributed by atoms with van der Waals surface area (Å²) in [5.74, 6) is 0. The summed E-state index contributed by atoms with van der Waals surface area (Å²) in [6, 6.07) is 2.18. The lowest BCUT2D eigenvalue weighted by molar-refractivity contribution is 0.373. The van der Waals surface area contributed by atoms with E-state index in [9.17, 15) is 0 Å². The minimum Gasteiger partial charge on any atom is -0.314 e. The summed E-state index contributed by atoms with van der Waals surface area (Å²) >= 11 is 2.05. The van der Waals surface area contributed by atoms with E-state index in [-0.39, 0.29) is 0 Å². The first kappa shape index (κ1) is 14.7. The van der Waals surface area contributed by atoms with Crippen LogP contribution in [0.15, 0.2) is 0 Å². The highest BCUT2D eigenvalue weighted by Crippen LogP contribution is 2.29. The predicted octanol–water partition coefficient (Wildman–Crippen LogP) is 3.17. The monoisotopic (exact) mass is 270 g/mol. The maximum absolute atomic E-state index is 3.89. The first-order valence-corrected chi connectivity index (χ1v) is 9.10. The molecule has 4 atom stereocenters. The molecule has 0 aromatic carbocycles. The molecule has 2 fully saturated rings. The summed E-state index contributed by atoms with van der Waals surface area (Å²) in [5, 5.41) is 8.46. The summed E-state index contributed by atoms with van der Waals surface area (Å²) in [4.78, 5) is 0. The van der Waals surface area contributed by atoms with Gasteiger partial charge in [-0.15, -0.1) is 0 Å². The average Bonchev–Trinajstić information content (AvgIpc) is 2.64. The van der Waals surface area contributed by atoms with Crippen LogP contribution in [0, 0.1) is 0 Å². The lowest BCUT2D eigenvalue weighted by atomic mass is 10.0. The standard InChI is InChI=1S/C15H30N2S/c1-12(11-13-7-4-3-5-10-16-13)17-14-8-6-9-15(14)18-2/h12-17H,3-11H2,1-2H3. The van der Waals surface area contributed by atoms with Crippen LogP contribution in [-0.2, 0) is 0 Å². The van der Waals surface area contributed by atoms with Crippen molar-refractivity contribution in [3.63, 3.8) is 0 Å². The van der Waals surface area contributed by atoms with Crippen molar-refractivity contribution in [3.05, 3.63) is 0 Å². The smallest absolute Gasteiger partial charge is 0.0198 e. The van der Waals surface area contributed by atoms with Crippen molar-refractivity contribution < 1.29 is 0 Å². The molecule has 0 bridgehead atoms. The van der Waals surface area contributed by atoms with Crippen LogP contribution in [0.2, 0.25) is 0 Å². The van der Waals surface area contributed by atoms with Gasteiger partial charge in [-0.1, -0.05) is 19.3 Å². The molecule has 4 unspecified atom stereocenters. The molecular weight excluding hydrogens is 240 g/mol. The molecule has 1 aliphatic heterocycles. The molecule has 0 radical (unpaired) electrons. The number of thioether (sulfide) groups is 1. The van der Waals surface area contributed by atoms with Crippen molar-refractivity contribution in [1.82, 2.24) is 10.6 Å². The fraction of sp³-hybridized carbons (Fsp3) is 1.00. The molecule has 2 N–H and O–H groups in total. The maximum Gasteiger partial charge on any atom is 0.0198 e. The van der Waals surface area contributed by atoms with Gasteiger partial charge in [0.2, 0.25) is 0 Å². The molecule has 2 rings (SSSR count). The first-order chi connectivity index (χ1) is 8.79. The molecule has 1 aliphatic carbocycles. The SMILES string of the molecule is CSC1CCCC1NC(C)CC1CCCCCN1. The van der Waals surface area contributed by atoms with Crippen molar-refractivity contribution >= 4 is 11.8 Å². The second-order valence-electron chi connectivity index (χ2n) is 6.12. The normalized spacial score (nSPS) is 35.3. The zero-order valence-electron chi connectivity index (χ0n) is 12.1. The van der Waals surface area contributed by atoms with Crippen LogP contribution in [0.4, 0.5) is 0 Å². The van der Waals surface area contributed by atoms with Crippen LogP contribution in [0.1, 0.15) is 58.3 Å². The van der Waals surface area contributed by atoms with E-state index < -0.39 is 0 Å². The van der Waals surface area contributed by atoms with E-state index in [4.69, 9.17) is 0 Å². The fourth-order valence-electron chi connectivity index (χ4n) is 3.56. The Labute approximate surface area is 117 Å². The molecule has 1 heterocycles. The van der Waals surface area contributed by atoms with Crippen LogP contribution >= 0.6 is 11.8 Å². The number of hydrogen-bond donors (Lipinski definition) is 2. The Hall–Kier alpha value is 0.270. The molecule has 0 spiro atoms. The molecule has 0 amide bonds. The Morgan fingerprint density at radius 2 is 2.06 bits per heavy atom. The second kappa shape index (κ2) is 7.76. The van der Waals surface area contributed by atoms with Crippen molar-refractivity contribution in [2.45, 2.75) is 81.7 Å². The number of rotatable bonds is 5. The molecule has 106 valence electrons. The van der Waals surface area contributed by atoms with Crippen LogP contribution in [-0.4, -0.2) is 36.2 Å². The average molecular weight is 270 g/mol. The Morgan fingerprint density at radius 1 is 1.17 bits per heavy atom. The van der Waals surface area contributed by atoms with Crippen LogP contribution in [0.3, 0.4) is 0 Å². The predicted molar refractivity (Wildman–Crippen MR) is 82.4 cm³/mol. The summed E-state index contributed by atoms with van der Waals surface area (Å²) in [5.41, 5.74) is 0. The summed E-state index contributed by atoms with van der Waals surface area (Å²) < 4.78 is 0. The van der Waals surface area contributed by atoms with Gasteiger partial charge in [-0.25, -0.2) is 0 Å². The molecule has 0 aromatic heterocycles. The van der Waals surface area contributed by atoms with E-state index in [1.54, 1.807) is 0 Å². The second-order valence-corrected chi connectivity index (χ2v) is 7.19. The van der Waals surface area contributed by atoms with Gasteiger partial charge in [-0.3, -0.25) is 0 Å². The highest BCUT2D eigenvalue weighted by Gasteiger charge is 2.27. The summed E-state index contributed by atoms with van der Waals surface area (Å²) in [7, 11) is 0. The molecule has 2 aliphatic rings. The van der Waals surface area contributed by atoms with Gasteiger partial charge in [0.05, 0.1) is 0 Å². The lowest BCUT2D eigenvalue weighted by Crippen LogP contribution is -2.43. The molecule has 0 aromatic rings. The zero-order chi connectivity index (χ0) is 12.8. The van der Waals surface area contributed by atoms with Gasteiger partial charge in [0.15, 0.2) is 0 Å². The van der Waals surface area contributed by atoms with Crippen molar-refractivity contribution in [2.24, 2.45) is 0 Å². The highest BCUT2D eigenvalue weighted by atomic mass is 32.2. The van der Waals surface area contributed by atoms with E-state index in [2.05, 4.69) is 35.6 Å². The molecule has 18 heavy (non-hydrogen) atoms. The van der Waals surface area contributed by atoms with Gasteiger partial charge in [-0.05, 0) is 51.8 Å². The first-order valence-electron chi connectivity index (χ1n) is 7.82. The van der Waals surface area contributed by atoms with Gasteiger partial charge in [0, 0.05) is 23.4 Å². The Bertz CT molecular complexity index is 227. The quantitative estimate of drug-likeness (QED) is 0.802. The third-order valence-electron chi connectivity index (χ3n) is 4.55. The van der Waals surface area contributed by atoms with E-state index >= 15 is 0 Å². The number of nitrogens with one attached hydrogen (secondary N) is 2. The minimum absolute atomic E-state index is 0.665. The largest absolute Gasteiger partial charge is 0.314 e. The van der Waals surface area contributed by atoms with E-state index in [1.807, 2.05) is 0 Å². The molecule has 3 heteroatoms. The lowest BCUT2D eigenvalue weighted by Gasteiger charge is -2.27. The minimum atomic E-state index is 0.665. The van der Waals surface area contributed by atoms with Crippen LogP contribution < -0.4 is 10.6 Å². The van der Waals surface area contributed by atoms with Gasteiger partial charge >= 0.3 is 0 Å². The molecule has 1 saturated carbocycles. The van der Waals surface area contributed by atoms with E-state index in [0.29, 0.717) is 6.04 Å². The summed E-state index contributed by atoms with van der Waals surface area (Å²) in [6.45, 7) is 3.61. The molecule has 1 saturated heterocycles. The van der Waals surface area contributed by atoms with Gasteiger partial charge in [-0.2, -0.15) is 11.8 Å². The van der Waals surface area contributed by atoms with Crippen molar-refractivity contribution in [3.8, 4) is 0 Å². The Balaban J connectivity index is 1.71. The van der Waals surface area contributed by atoms with Gasteiger partial charge in [0.1, 0.15) is 0 Å². The topological polar surface area (TPSA) is 24.1 Å². The van der Waals surface area contributed by atoms with E-state index in [1.165, 1.54) is 57.9 Å². The summed E-state index contributed by atoms with van der Waals surface area (Å²) in [6.07, 6.45) is 13.4. The van der Waals surface area contributed by atoms with Crippen molar-refractivity contribution in [2.75, 3.05) is 12.8 Å². The molecule has 2 nitrogen and oxygen atoms in total. The van der Waals surface area contributed by atoms with Crippen LogP contribution in [0.25, 0.3) is 0 Å². The van der Waals surface area contributed by atoms with Gasteiger partial charge < -0.3 is 10.6 Å². The van der Waals surface area contributed by atoms with E-state index in [0.717, 1.165) is 17.3 Å². The maximum atomic E-state index is 3.89. The Kier molecular flexibility index (Phi) is 6.33. The van der Waals surface area contributed by atoms with Crippen LogP contribution in [0.5, 0.6) is 0 Å². The number of hydrogen-bond acceptors (Lipinski definition) is 3. The molecular formula is C15H30N2S. The third kappa shape index (κ3) is 4.43. The highest BCUT2D eigenvalue weighted by molar-refractivity contribution is 7.99. The van der Waals surface area contributed by atoms with Crippen molar-refractivity contribution in [1.29, 1.82) is 0 Å².